The third kappa shape index (κ3) is 4.13. The first-order chi connectivity index (χ1) is 9.00. The van der Waals surface area contributed by atoms with Crippen LogP contribution in [0.2, 0.25) is 5.02 Å². The number of hydrogen-bond donors (Lipinski definition) is 2. The monoisotopic (exact) mass is 281 g/mol. The van der Waals surface area contributed by atoms with Gasteiger partial charge >= 0.3 is 0 Å². The van der Waals surface area contributed by atoms with Crippen molar-refractivity contribution >= 4 is 17.5 Å². The molecule has 1 aromatic carbocycles. The molecule has 0 aromatic heterocycles. The summed E-state index contributed by atoms with van der Waals surface area (Å²) in [5, 5.41) is 7.11. The molecule has 1 unspecified atom stereocenters. The van der Waals surface area contributed by atoms with Gasteiger partial charge in [0.05, 0.1) is 0 Å². The van der Waals surface area contributed by atoms with E-state index in [0.29, 0.717) is 24.5 Å². The highest BCUT2D eigenvalue weighted by molar-refractivity contribution is 6.30. The molecule has 0 aliphatic rings. The fourth-order valence-electron chi connectivity index (χ4n) is 1.65. The van der Waals surface area contributed by atoms with E-state index in [1.54, 1.807) is 31.2 Å². The lowest BCUT2D eigenvalue weighted by molar-refractivity contribution is -0.124. The van der Waals surface area contributed by atoms with Crippen LogP contribution in [0.15, 0.2) is 29.4 Å². The smallest absolute Gasteiger partial charge is 0.242 e. The van der Waals surface area contributed by atoms with Gasteiger partial charge in [-0.1, -0.05) is 28.8 Å². The van der Waals surface area contributed by atoms with Crippen LogP contribution in [0.4, 0.5) is 0 Å². The number of primary amides is 1. The summed E-state index contributed by atoms with van der Waals surface area (Å²) < 4.78 is 0. The minimum atomic E-state index is -0.971. The van der Waals surface area contributed by atoms with Crippen molar-refractivity contribution in [3.8, 4) is 0 Å². The van der Waals surface area contributed by atoms with Crippen molar-refractivity contribution in [3.63, 3.8) is 0 Å². The Kier molecular flexibility index (Phi) is 5.63. The van der Waals surface area contributed by atoms with E-state index in [-0.39, 0.29) is 0 Å². The Bertz CT molecular complexity index is 483. The maximum absolute atomic E-state index is 11.7. The zero-order valence-electron chi connectivity index (χ0n) is 10.6. The third-order valence-electron chi connectivity index (χ3n) is 2.89. The molecule has 1 atom stereocenters. The van der Waals surface area contributed by atoms with E-state index in [1.165, 1.54) is 0 Å². The molecule has 102 valence electrons. The summed E-state index contributed by atoms with van der Waals surface area (Å²) in [5.74, 6) is -0.474. The number of halogens is 1. The molecule has 1 aromatic rings. The number of nitrogens with two attached hydrogens (primary N) is 1. The lowest BCUT2D eigenvalue weighted by Crippen LogP contribution is -2.50. The van der Waals surface area contributed by atoms with Crippen LogP contribution < -0.4 is 11.1 Å². The number of nitrogens with zero attached hydrogens (tertiary/aromatic N) is 3. The Morgan fingerprint density at radius 2 is 2.16 bits per heavy atom. The number of rotatable bonds is 7. The maximum Gasteiger partial charge on any atom is 0.242 e. The molecule has 0 radical (unpaired) electrons. The van der Waals surface area contributed by atoms with Gasteiger partial charge in [0.2, 0.25) is 5.91 Å². The fraction of sp³-hybridized carbons (Fsp3) is 0.417. The summed E-state index contributed by atoms with van der Waals surface area (Å²) in [6, 6.07) is 6.93. The number of benzene rings is 1. The summed E-state index contributed by atoms with van der Waals surface area (Å²) in [6.45, 7) is 2.60. The second kappa shape index (κ2) is 6.99. The van der Waals surface area contributed by atoms with E-state index < -0.39 is 11.4 Å². The van der Waals surface area contributed by atoms with E-state index in [2.05, 4.69) is 15.3 Å². The number of azide groups is 1. The van der Waals surface area contributed by atoms with Gasteiger partial charge in [-0.3, -0.25) is 10.1 Å². The normalized spacial score (nSPS) is 13.4. The molecule has 0 saturated heterocycles. The first kappa shape index (κ1) is 15.3. The molecule has 0 aliphatic heterocycles. The first-order valence-electron chi connectivity index (χ1n) is 5.82. The molecule has 7 heteroatoms. The van der Waals surface area contributed by atoms with E-state index in [1.807, 2.05) is 0 Å². The molecule has 0 fully saturated rings. The van der Waals surface area contributed by atoms with E-state index in [4.69, 9.17) is 22.9 Å². The van der Waals surface area contributed by atoms with Crippen LogP contribution in [0.25, 0.3) is 10.4 Å². The van der Waals surface area contributed by atoms with E-state index >= 15 is 0 Å². The lowest BCUT2D eigenvalue weighted by atomic mass is 9.91. The Morgan fingerprint density at radius 3 is 2.68 bits per heavy atom. The van der Waals surface area contributed by atoms with Crippen molar-refractivity contribution in [3.05, 3.63) is 45.3 Å². The summed E-state index contributed by atoms with van der Waals surface area (Å²) in [5.41, 5.74) is 13.4. The van der Waals surface area contributed by atoms with E-state index in [0.717, 1.165) is 5.56 Å². The van der Waals surface area contributed by atoms with Gasteiger partial charge in [-0.25, -0.2) is 0 Å². The second-order valence-electron chi connectivity index (χ2n) is 4.23. The van der Waals surface area contributed by atoms with Gasteiger partial charge in [-0.15, -0.1) is 0 Å². The van der Waals surface area contributed by atoms with Crippen LogP contribution in [0.5, 0.6) is 0 Å². The second-order valence-corrected chi connectivity index (χ2v) is 4.67. The van der Waals surface area contributed by atoms with Gasteiger partial charge in [0.15, 0.2) is 0 Å². The number of amides is 1. The Morgan fingerprint density at radius 1 is 1.53 bits per heavy atom. The van der Waals surface area contributed by atoms with Gasteiger partial charge in [0, 0.05) is 16.5 Å². The van der Waals surface area contributed by atoms with Crippen LogP contribution in [-0.4, -0.2) is 19.0 Å². The molecule has 3 N–H and O–H groups in total. The molecule has 6 nitrogen and oxygen atoms in total. The summed E-state index contributed by atoms with van der Waals surface area (Å²) in [7, 11) is 0. The molecule has 0 aliphatic carbocycles. The van der Waals surface area contributed by atoms with E-state index in [9.17, 15) is 4.79 Å². The largest absolute Gasteiger partial charge is 0.368 e. The molecule has 1 rings (SSSR count). The maximum atomic E-state index is 11.7. The molecule has 0 bridgehead atoms. The highest BCUT2D eigenvalue weighted by Gasteiger charge is 2.32. The number of carbonyl (C=O) groups excluding carboxylic acids is 1. The SMILES string of the molecule is CC(NCCCN=[N+]=[N-])(C(N)=O)c1ccc(Cl)cc1. The number of carbonyl (C=O) groups is 1. The Labute approximate surface area is 116 Å². The number of hydrogen-bond acceptors (Lipinski definition) is 3. The lowest BCUT2D eigenvalue weighted by Gasteiger charge is -2.28. The zero-order chi connectivity index (χ0) is 14.3. The van der Waals surface area contributed by atoms with Gasteiger partial charge in [-0.05, 0) is 43.1 Å². The van der Waals surface area contributed by atoms with Crippen molar-refractivity contribution in [1.29, 1.82) is 0 Å². The van der Waals surface area contributed by atoms with Crippen molar-refractivity contribution in [2.24, 2.45) is 10.8 Å². The molecule has 0 saturated carbocycles. The minimum absolute atomic E-state index is 0.374. The Hall–Kier alpha value is -1.75. The van der Waals surface area contributed by atoms with Crippen molar-refractivity contribution < 1.29 is 4.79 Å². The minimum Gasteiger partial charge on any atom is -0.368 e. The van der Waals surface area contributed by atoms with Gasteiger partial charge < -0.3 is 5.73 Å². The van der Waals surface area contributed by atoms with Crippen molar-refractivity contribution in [2.75, 3.05) is 13.1 Å². The molecular weight excluding hydrogens is 266 g/mol. The fourth-order valence-corrected chi connectivity index (χ4v) is 1.77. The summed E-state index contributed by atoms with van der Waals surface area (Å²) >= 11 is 5.82. The van der Waals surface area contributed by atoms with Crippen molar-refractivity contribution in [1.82, 2.24) is 5.32 Å². The van der Waals surface area contributed by atoms with Crippen LogP contribution in [0.3, 0.4) is 0 Å². The molecule has 1 amide bonds. The third-order valence-corrected chi connectivity index (χ3v) is 3.14. The van der Waals surface area contributed by atoms with Crippen molar-refractivity contribution in [2.45, 2.75) is 18.9 Å². The highest BCUT2D eigenvalue weighted by atomic mass is 35.5. The average Bonchev–Trinajstić information content (AvgIpc) is 2.38. The van der Waals surface area contributed by atoms with Gasteiger partial charge in [-0.2, -0.15) is 0 Å². The standard InChI is InChI=1S/C12H16ClN5O/c1-12(11(14)19,16-7-2-8-17-18-15)9-3-5-10(13)6-4-9/h3-6,16H,2,7-8H2,1H3,(H2,14,19). The highest BCUT2D eigenvalue weighted by Crippen LogP contribution is 2.22. The van der Waals surface area contributed by atoms with Gasteiger partial charge in [0.1, 0.15) is 5.54 Å². The molecule has 0 heterocycles. The predicted molar refractivity (Wildman–Crippen MR) is 74.6 cm³/mol. The summed E-state index contributed by atoms with van der Waals surface area (Å²) in [4.78, 5) is 14.3. The van der Waals surface area contributed by atoms with Crippen LogP contribution in [0.1, 0.15) is 18.9 Å². The van der Waals surface area contributed by atoms with Crippen LogP contribution >= 0.6 is 11.6 Å². The molecule has 0 spiro atoms. The zero-order valence-corrected chi connectivity index (χ0v) is 11.4. The van der Waals surface area contributed by atoms with Crippen LogP contribution in [0, 0.1) is 0 Å². The molecular formula is C12H16ClN5O. The Balaban J connectivity index is 2.76. The topological polar surface area (TPSA) is 104 Å². The number of nitrogens with one attached hydrogen (secondary N) is 1. The first-order valence-corrected chi connectivity index (χ1v) is 6.20. The summed E-state index contributed by atoms with van der Waals surface area (Å²) in [6.07, 6.45) is 0.626. The average molecular weight is 282 g/mol. The molecule has 19 heavy (non-hydrogen) atoms. The quantitative estimate of drug-likeness (QED) is 0.346. The predicted octanol–water partition coefficient (Wildman–Crippen LogP) is 2.33. The van der Waals surface area contributed by atoms with Gasteiger partial charge in [0.25, 0.3) is 0 Å². The van der Waals surface area contributed by atoms with Crippen LogP contribution in [-0.2, 0) is 10.3 Å².